The van der Waals surface area contributed by atoms with Crippen LogP contribution in [0.4, 0.5) is 5.69 Å². The molecule has 1 atom stereocenters. The summed E-state index contributed by atoms with van der Waals surface area (Å²) in [6.45, 7) is 13.4. The molecule has 0 saturated heterocycles. The topological polar surface area (TPSA) is 46.6 Å². The van der Waals surface area contributed by atoms with Crippen LogP contribution in [0.5, 0.6) is 5.75 Å². The summed E-state index contributed by atoms with van der Waals surface area (Å²) in [6.07, 6.45) is 4.79. The third-order valence-corrected chi connectivity index (χ3v) is 5.15. The van der Waals surface area contributed by atoms with Gasteiger partial charge in [-0.25, -0.2) is 8.42 Å². The number of benzene rings is 1. The fraction of sp³-hybridized carbons (Fsp3) is 0.368. The summed E-state index contributed by atoms with van der Waals surface area (Å²) in [4.78, 5) is 0.129. The first-order chi connectivity index (χ1) is 11.0. The Morgan fingerprint density at radius 3 is 2.50 bits per heavy atom. The zero-order chi connectivity index (χ0) is 17.5. The largest absolute Gasteiger partial charge is 0.486 e. The van der Waals surface area contributed by atoms with Gasteiger partial charge >= 0.3 is 0 Å². The van der Waals surface area contributed by atoms with Crippen LogP contribution in [0.25, 0.3) is 0 Å². The van der Waals surface area contributed by atoms with Crippen molar-refractivity contribution >= 4 is 15.7 Å². The Morgan fingerprint density at radius 2 is 1.96 bits per heavy atom. The van der Waals surface area contributed by atoms with Gasteiger partial charge < -0.3 is 4.74 Å². The molecule has 0 N–H and O–H groups in total. The minimum absolute atomic E-state index is 0. The van der Waals surface area contributed by atoms with Gasteiger partial charge in [0.25, 0.3) is 10.0 Å². The summed E-state index contributed by atoms with van der Waals surface area (Å²) in [7, 11) is -3.67. The summed E-state index contributed by atoms with van der Waals surface area (Å²) in [5.74, 6) is 0.584. The van der Waals surface area contributed by atoms with Gasteiger partial charge in [-0.3, -0.25) is 4.31 Å². The van der Waals surface area contributed by atoms with Crippen molar-refractivity contribution in [2.45, 2.75) is 40.7 Å². The molecule has 0 bridgehead atoms. The SMILES string of the molecule is C.C=C/C=C(\C=C)S(=O)(=O)N1CC(CC)Oc2ccccc21.CC. The van der Waals surface area contributed by atoms with Gasteiger partial charge in [0.2, 0.25) is 0 Å². The summed E-state index contributed by atoms with van der Waals surface area (Å²) in [6, 6.07) is 7.15. The summed E-state index contributed by atoms with van der Waals surface area (Å²) < 4.78 is 32.8. The molecule has 1 aliphatic rings. The van der Waals surface area contributed by atoms with Crippen LogP contribution in [0.15, 0.2) is 60.6 Å². The maximum atomic E-state index is 12.8. The molecule has 134 valence electrons. The summed E-state index contributed by atoms with van der Waals surface area (Å²) in [5, 5.41) is 0. The fourth-order valence-corrected chi connectivity index (χ4v) is 3.71. The highest BCUT2D eigenvalue weighted by molar-refractivity contribution is 7.96. The van der Waals surface area contributed by atoms with E-state index in [1.807, 2.05) is 26.8 Å². The van der Waals surface area contributed by atoms with Crippen LogP contribution >= 0.6 is 0 Å². The number of anilines is 1. The number of hydrogen-bond donors (Lipinski definition) is 0. The van der Waals surface area contributed by atoms with Crippen molar-refractivity contribution in [2.75, 3.05) is 10.8 Å². The molecule has 5 heteroatoms. The Balaban J connectivity index is 0.00000170. The van der Waals surface area contributed by atoms with Crippen molar-refractivity contribution in [3.63, 3.8) is 0 Å². The average molecular weight is 352 g/mol. The van der Waals surface area contributed by atoms with Crippen LogP contribution < -0.4 is 9.04 Å². The van der Waals surface area contributed by atoms with Crippen LogP contribution in [0.2, 0.25) is 0 Å². The van der Waals surface area contributed by atoms with Crippen LogP contribution in [0, 0.1) is 0 Å². The Labute approximate surface area is 147 Å². The van der Waals surface area contributed by atoms with Gasteiger partial charge in [-0.1, -0.05) is 59.6 Å². The van der Waals surface area contributed by atoms with Crippen molar-refractivity contribution in [3.05, 3.63) is 60.6 Å². The second-order valence-corrected chi connectivity index (χ2v) is 6.52. The van der Waals surface area contributed by atoms with Gasteiger partial charge in [0, 0.05) is 0 Å². The highest BCUT2D eigenvalue weighted by Gasteiger charge is 2.33. The number of para-hydroxylation sites is 2. The van der Waals surface area contributed by atoms with E-state index in [1.165, 1.54) is 22.5 Å². The number of nitrogens with zero attached hydrogens (tertiary/aromatic N) is 1. The van der Waals surface area contributed by atoms with E-state index < -0.39 is 10.0 Å². The Bertz CT molecular complexity index is 678. The van der Waals surface area contributed by atoms with Gasteiger partial charge in [-0.15, -0.1) is 0 Å². The van der Waals surface area contributed by atoms with Crippen molar-refractivity contribution in [2.24, 2.45) is 0 Å². The van der Waals surface area contributed by atoms with E-state index in [9.17, 15) is 8.42 Å². The highest BCUT2D eigenvalue weighted by atomic mass is 32.2. The van der Waals surface area contributed by atoms with Crippen LogP contribution in [-0.2, 0) is 10.0 Å². The minimum Gasteiger partial charge on any atom is -0.486 e. The van der Waals surface area contributed by atoms with E-state index in [0.29, 0.717) is 11.4 Å². The lowest BCUT2D eigenvalue weighted by Crippen LogP contribution is -2.43. The molecular weight excluding hydrogens is 322 g/mol. The molecular formula is C19H29NO3S. The fourth-order valence-electron chi connectivity index (χ4n) is 2.21. The lowest BCUT2D eigenvalue weighted by Gasteiger charge is -2.35. The van der Waals surface area contributed by atoms with E-state index in [0.717, 1.165) is 6.42 Å². The number of sulfonamides is 1. The molecule has 1 heterocycles. The van der Waals surface area contributed by atoms with E-state index in [1.54, 1.807) is 18.2 Å². The number of rotatable bonds is 5. The molecule has 0 radical (unpaired) electrons. The first-order valence-corrected chi connectivity index (χ1v) is 9.22. The molecule has 0 fully saturated rings. The number of allylic oxidation sites excluding steroid dienone is 3. The molecule has 0 aromatic heterocycles. The van der Waals surface area contributed by atoms with Crippen LogP contribution in [0.1, 0.15) is 34.6 Å². The van der Waals surface area contributed by atoms with Crippen molar-refractivity contribution in [3.8, 4) is 5.75 Å². The molecule has 0 spiro atoms. The average Bonchev–Trinajstić information content (AvgIpc) is 2.60. The molecule has 0 aliphatic carbocycles. The normalized spacial score (nSPS) is 16.5. The van der Waals surface area contributed by atoms with Gasteiger partial charge in [0.15, 0.2) is 0 Å². The number of fused-ring (bicyclic) bond motifs is 1. The zero-order valence-corrected chi connectivity index (χ0v) is 14.8. The molecule has 0 amide bonds. The molecule has 1 aromatic rings. The van der Waals surface area contributed by atoms with Gasteiger partial charge in [-0.2, -0.15) is 0 Å². The smallest absolute Gasteiger partial charge is 0.264 e. The number of ether oxygens (including phenoxy) is 1. The molecule has 0 saturated carbocycles. The third kappa shape index (κ3) is 4.51. The zero-order valence-electron chi connectivity index (χ0n) is 14.0. The highest BCUT2D eigenvalue weighted by Crippen LogP contribution is 2.37. The van der Waals surface area contributed by atoms with Gasteiger partial charge in [0.05, 0.1) is 17.1 Å². The predicted molar refractivity (Wildman–Crippen MR) is 104 cm³/mol. The predicted octanol–water partition coefficient (Wildman–Crippen LogP) is 4.91. The third-order valence-electron chi connectivity index (χ3n) is 3.32. The van der Waals surface area contributed by atoms with Gasteiger partial charge in [0.1, 0.15) is 11.9 Å². The molecule has 4 nitrogen and oxygen atoms in total. The van der Waals surface area contributed by atoms with Crippen LogP contribution in [0.3, 0.4) is 0 Å². The van der Waals surface area contributed by atoms with E-state index in [-0.39, 0.29) is 25.0 Å². The standard InChI is InChI=1S/C16H19NO3S.C2H6.CH4/c1-4-9-14(6-3)21(18,19)17-12-13(5-2)20-16-11-8-7-10-15(16)17;1-2;/h4,6-11,13H,1,3,5,12H2,2H3;1-2H3;1H4/b14-9+;;. The van der Waals surface area contributed by atoms with E-state index in [2.05, 4.69) is 13.2 Å². The number of hydrogen-bond acceptors (Lipinski definition) is 3. The Kier molecular flexibility index (Phi) is 9.14. The monoisotopic (exact) mass is 351 g/mol. The maximum Gasteiger partial charge on any atom is 0.264 e. The molecule has 1 aliphatic heterocycles. The summed E-state index contributed by atoms with van der Waals surface area (Å²) >= 11 is 0. The summed E-state index contributed by atoms with van der Waals surface area (Å²) in [5.41, 5.74) is 0.555. The van der Waals surface area contributed by atoms with Crippen molar-refractivity contribution < 1.29 is 13.2 Å². The van der Waals surface area contributed by atoms with Crippen LogP contribution in [-0.4, -0.2) is 21.1 Å². The van der Waals surface area contributed by atoms with E-state index >= 15 is 0 Å². The lowest BCUT2D eigenvalue weighted by molar-refractivity contribution is 0.196. The lowest BCUT2D eigenvalue weighted by atomic mass is 10.2. The molecule has 1 unspecified atom stereocenters. The second kappa shape index (κ2) is 9.98. The molecule has 24 heavy (non-hydrogen) atoms. The molecule has 1 aromatic carbocycles. The van der Waals surface area contributed by atoms with E-state index in [4.69, 9.17) is 4.74 Å². The second-order valence-electron chi connectivity index (χ2n) is 4.66. The Morgan fingerprint density at radius 1 is 1.33 bits per heavy atom. The first-order valence-electron chi connectivity index (χ1n) is 7.78. The maximum absolute atomic E-state index is 12.8. The minimum atomic E-state index is -3.67. The molecule has 2 rings (SSSR count). The first kappa shape index (κ1) is 22.0. The Hall–Kier alpha value is -2.01. The van der Waals surface area contributed by atoms with Crippen molar-refractivity contribution in [1.29, 1.82) is 0 Å². The quantitative estimate of drug-likeness (QED) is 0.708. The van der Waals surface area contributed by atoms with Gasteiger partial charge in [-0.05, 0) is 30.7 Å². The van der Waals surface area contributed by atoms with Crippen molar-refractivity contribution in [1.82, 2.24) is 0 Å².